The number of benzene rings is 1. The predicted octanol–water partition coefficient (Wildman–Crippen LogP) is 2.43. The van der Waals surface area contributed by atoms with Crippen LogP contribution in [0.1, 0.15) is 19.4 Å². The standard InChI is InChI=1S/C12H19ClN2/c1-10(2)15-8-7-14-9-11-3-5-12(13)6-4-11/h3-6,10,14-15H,7-9H2,1-2H3. The van der Waals surface area contributed by atoms with Crippen LogP contribution in [-0.2, 0) is 6.54 Å². The molecule has 0 saturated heterocycles. The van der Waals surface area contributed by atoms with Crippen LogP contribution in [0.2, 0.25) is 5.02 Å². The minimum atomic E-state index is 0.558. The number of hydrogen-bond acceptors (Lipinski definition) is 2. The summed E-state index contributed by atoms with van der Waals surface area (Å²) in [5.74, 6) is 0. The maximum absolute atomic E-state index is 5.80. The maximum atomic E-state index is 5.80. The van der Waals surface area contributed by atoms with Crippen LogP contribution >= 0.6 is 11.6 Å². The van der Waals surface area contributed by atoms with Crippen LogP contribution < -0.4 is 10.6 Å². The third-order valence-electron chi connectivity index (χ3n) is 2.10. The van der Waals surface area contributed by atoms with Crippen molar-refractivity contribution >= 4 is 11.6 Å². The average Bonchev–Trinajstić information content (AvgIpc) is 2.20. The molecule has 0 aliphatic heterocycles. The van der Waals surface area contributed by atoms with E-state index in [0.717, 1.165) is 24.7 Å². The zero-order chi connectivity index (χ0) is 11.1. The molecule has 3 heteroatoms. The minimum absolute atomic E-state index is 0.558. The Morgan fingerprint density at radius 1 is 1.13 bits per heavy atom. The van der Waals surface area contributed by atoms with Gasteiger partial charge in [0.25, 0.3) is 0 Å². The van der Waals surface area contributed by atoms with Crippen molar-refractivity contribution in [2.24, 2.45) is 0 Å². The molecular formula is C12H19ClN2. The zero-order valence-electron chi connectivity index (χ0n) is 9.39. The van der Waals surface area contributed by atoms with Gasteiger partial charge in [-0.1, -0.05) is 37.6 Å². The van der Waals surface area contributed by atoms with Crippen LogP contribution in [0.5, 0.6) is 0 Å². The average molecular weight is 227 g/mol. The van der Waals surface area contributed by atoms with E-state index in [9.17, 15) is 0 Å². The monoisotopic (exact) mass is 226 g/mol. The Hall–Kier alpha value is -0.570. The lowest BCUT2D eigenvalue weighted by Gasteiger charge is -2.09. The molecule has 0 unspecified atom stereocenters. The quantitative estimate of drug-likeness (QED) is 0.729. The molecule has 1 aromatic carbocycles. The molecule has 1 rings (SSSR count). The highest BCUT2D eigenvalue weighted by molar-refractivity contribution is 6.30. The van der Waals surface area contributed by atoms with Crippen molar-refractivity contribution in [2.45, 2.75) is 26.4 Å². The Labute approximate surface area is 97.0 Å². The highest BCUT2D eigenvalue weighted by Crippen LogP contribution is 2.08. The van der Waals surface area contributed by atoms with Gasteiger partial charge in [-0.2, -0.15) is 0 Å². The van der Waals surface area contributed by atoms with Gasteiger partial charge in [-0.25, -0.2) is 0 Å². The smallest absolute Gasteiger partial charge is 0.0406 e. The van der Waals surface area contributed by atoms with Gasteiger partial charge in [-0.3, -0.25) is 0 Å². The van der Waals surface area contributed by atoms with Crippen molar-refractivity contribution in [1.82, 2.24) is 10.6 Å². The van der Waals surface area contributed by atoms with Crippen molar-refractivity contribution < 1.29 is 0 Å². The molecule has 0 aromatic heterocycles. The van der Waals surface area contributed by atoms with Crippen molar-refractivity contribution in [3.63, 3.8) is 0 Å². The summed E-state index contributed by atoms with van der Waals surface area (Å²) < 4.78 is 0. The SMILES string of the molecule is CC(C)NCCNCc1ccc(Cl)cc1. The summed E-state index contributed by atoms with van der Waals surface area (Å²) in [5, 5.41) is 7.52. The summed E-state index contributed by atoms with van der Waals surface area (Å²) in [6, 6.07) is 8.49. The Morgan fingerprint density at radius 2 is 1.80 bits per heavy atom. The molecule has 0 atom stereocenters. The van der Waals surface area contributed by atoms with E-state index < -0.39 is 0 Å². The largest absolute Gasteiger partial charge is 0.313 e. The number of halogens is 1. The second-order valence-electron chi connectivity index (χ2n) is 3.91. The van der Waals surface area contributed by atoms with Gasteiger partial charge in [-0.05, 0) is 17.7 Å². The second kappa shape index (κ2) is 6.83. The van der Waals surface area contributed by atoms with E-state index in [1.54, 1.807) is 0 Å². The Kier molecular flexibility index (Phi) is 5.69. The van der Waals surface area contributed by atoms with Gasteiger partial charge < -0.3 is 10.6 Å². The number of rotatable bonds is 6. The van der Waals surface area contributed by atoms with Gasteiger partial charge in [0.05, 0.1) is 0 Å². The van der Waals surface area contributed by atoms with Gasteiger partial charge in [0.1, 0.15) is 0 Å². The number of nitrogens with one attached hydrogen (secondary N) is 2. The fourth-order valence-electron chi connectivity index (χ4n) is 1.28. The lowest BCUT2D eigenvalue weighted by atomic mass is 10.2. The third-order valence-corrected chi connectivity index (χ3v) is 2.35. The fraction of sp³-hybridized carbons (Fsp3) is 0.500. The molecule has 0 spiro atoms. The van der Waals surface area contributed by atoms with Crippen LogP contribution in [-0.4, -0.2) is 19.1 Å². The third kappa shape index (κ3) is 5.78. The first-order chi connectivity index (χ1) is 7.18. The van der Waals surface area contributed by atoms with E-state index >= 15 is 0 Å². The van der Waals surface area contributed by atoms with Crippen molar-refractivity contribution in [3.8, 4) is 0 Å². The van der Waals surface area contributed by atoms with Crippen LogP contribution in [0.3, 0.4) is 0 Å². The summed E-state index contributed by atoms with van der Waals surface area (Å²) in [6.07, 6.45) is 0. The summed E-state index contributed by atoms with van der Waals surface area (Å²) in [5.41, 5.74) is 1.27. The molecule has 15 heavy (non-hydrogen) atoms. The lowest BCUT2D eigenvalue weighted by molar-refractivity contribution is 0.555. The first-order valence-corrected chi connectivity index (χ1v) is 5.75. The molecule has 0 aliphatic carbocycles. The second-order valence-corrected chi connectivity index (χ2v) is 4.35. The Morgan fingerprint density at radius 3 is 2.40 bits per heavy atom. The highest BCUT2D eigenvalue weighted by atomic mass is 35.5. The predicted molar refractivity (Wildman–Crippen MR) is 66.3 cm³/mol. The zero-order valence-corrected chi connectivity index (χ0v) is 10.1. The van der Waals surface area contributed by atoms with E-state index in [4.69, 9.17) is 11.6 Å². The molecule has 1 aromatic rings. The van der Waals surface area contributed by atoms with E-state index in [-0.39, 0.29) is 0 Å². The molecule has 0 heterocycles. The van der Waals surface area contributed by atoms with Crippen LogP contribution in [0.4, 0.5) is 0 Å². The molecule has 0 aliphatic rings. The molecule has 0 amide bonds. The summed E-state index contributed by atoms with van der Waals surface area (Å²) in [6.45, 7) is 7.20. The van der Waals surface area contributed by atoms with Gasteiger partial charge in [0.15, 0.2) is 0 Å². The molecule has 84 valence electrons. The van der Waals surface area contributed by atoms with Crippen LogP contribution in [0, 0.1) is 0 Å². The van der Waals surface area contributed by atoms with E-state index in [0.29, 0.717) is 6.04 Å². The van der Waals surface area contributed by atoms with Gasteiger partial charge in [0.2, 0.25) is 0 Å². The molecule has 0 fully saturated rings. The van der Waals surface area contributed by atoms with Gasteiger partial charge in [-0.15, -0.1) is 0 Å². The molecule has 2 N–H and O–H groups in total. The topological polar surface area (TPSA) is 24.1 Å². The summed E-state index contributed by atoms with van der Waals surface area (Å²) in [7, 11) is 0. The first kappa shape index (κ1) is 12.5. The van der Waals surface area contributed by atoms with Gasteiger partial charge >= 0.3 is 0 Å². The Balaban J connectivity index is 2.12. The van der Waals surface area contributed by atoms with Crippen LogP contribution in [0.25, 0.3) is 0 Å². The minimum Gasteiger partial charge on any atom is -0.313 e. The van der Waals surface area contributed by atoms with Gasteiger partial charge in [0, 0.05) is 30.7 Å². The van der Waals surface area contributed by atoms with E-state index in [2.05, 4.69) is 24.5 Å². The highest BCUT2D eigenvalue weighted by Gasteiger charge is 1.93. The molecule has 0 bridgehead atoms. The first-order valence-electron chi connectivity index (χ1n) is 5.37. The van der Waals surface area contributed by atoms with E-state index in [1.165, 1.54) is 5.56 Å². The van der Waals surface area contributed by atoms with Crippen molar-refractivity contribution in [1.29, 1.82) is 0 Å². The fourth-order valence-corrected chi connectivity index (χ4v) is 1.41. The molecule has 0 saturated carbocycles. The van der Waals surface area contributed by atoms with Crippen molar-refractivity contribution in [2.75, 3.05) is 13.1 Å². The Bertz CT molecular complexity index is 269. The normalized spacial score (nSPS) is 10.9. The molecular weight excluding hydrogens is 208 g/mol. The molecule has 2 nitrogen and oxygen atoms in total. The summed E-state index contributed by atoms with van der Waals surface area (Å²) in [4.78, 5) is 0. The van der Waals surface area contributed by atoms with Crippen LogP contribution in [0.15, 0.2) is 24.3 Å². The maximum Gasteiger partial charge on any atom is 0.0406 e. The number of hydrogen-bond donors (Lipinski definition) is 2. The molecule has 0 radical (unpaired) electrons. The summed E-state index contributed by atoms with van der Waals surface area (Å²) >= 11 is 5.80. The van der Waals surface area contributed by atoms with Crippen molar-refractivity contribution in [3.05, 3.63) is 34.9 Å². The lowest BCUT2D eigenvalue weighted by Crippen LogP contribution is -2.31. The van der Waals surface area contributed by atoms with E-state index in [1.807, 2.05) is 24.3 Å².